The molecule has 14 heavy (non-hydrogen) atoms. The Bertz CT molecular complexity index is 301. The zero-order chi connectivity index (χ0) is 10.4. The molecule has 0 saturated carbocycles. The summed E-state index contributed by atoms with van der Waals surface area (Å²) in [6.07, 6.45) is 2.17. The quantitative estimate of drug-likeness (QED) is 0.718. The van der Waals surface area contributed by atoms with E-state index in [9.17, 15) is 4.79 Å². The number of nitrogens with zero attached hydrogens (tertiary/aromatic N) is 1. The first-order valence-corrected chi connectivity index (χ1v) is 4.59. The summed E-state index contributed by atoms with van der Waals surface area (Å²) in [7, 11) is 1.62. The average Bonchev–Trinajstić information content (AvgIpc) is 2.59. The number of hydrogen-bond donors (Lipinski definition) is 2. The van der Waals surface area contributed by atoms with Crippen molar-refractivity contribution in [1.29, 1.82) is 0 Å². The Morgan fingerprint density at radius 2 is 2.57 bits per heavy atom. The number of ether oxygens (including phenoxy) is 1. The topological polar surface area (TPSA) is 67.0 Å². The van der Waals surface area contributed by atoms with Gasteiger partial charge in [0.15, 0.2) is 0 Å². The van der Waals surface area contributed by atoms with Crippen LogP contribution < -0.4 is 5.32 Å². The van der Waals surface area contributed by atoms with Crippen LogP contribution in [0.1, 0.15) is 16.9 Å². The van der Waals surface area contributed by atoms with E-state index in [0.29, 0.717) is 23.9 Å². The number of nitrogens with one attached hydrogen (secondary N) is 2. The Kier molecular flexibility index (Phi) is 4.42. The van der Waals surface area contributed by atoms with Gasteiger partial charge in [-0.25, -0.2) is 0 Å². The molecule has 0 unspecified atom stereocenters. The van der Waals surface area contributed by atoms with Gasteiger partial charge in [-0.1, -0.05) is 11.6 Å². The number of aromatic amines is 1. The molecular weight excluding hydrogens is 206 g/mol. The molecule has 0 radical (unpaired) electrons. The maximum Gasteiger partial charge on any atom is 0.270 e. The fourth-order valence-corrected chi connectivity index (χ4v) is 1.11. The third-order valence-corrected chi connectivity index (χ3v) is 1.92. The monoisotopic (exact) mass is 217 g/mol. The van der Waals surface area contributed by atoms with E-state index >= 15 is 0 Å². The summed E-state index contributed by atoms with van der Waals surface area (Å²) >= 11 is 5.70. The van der Waals surface area contributed by atoms with Crippen molar-refractivity contribution in [2.75, 3.05) is 20.3 Å². The van der Waals surface area contributed by atoms with E-state index in [-0.39, 0.29) is 5.91 Å². The van der Waals surface area contributed by atoms with Crippen LogP contribution in [0.15, 0.2) is 6.20 Å². The van der Waals surface area contributed by atoms with Gasteiger partial charge < -0.3 is 10.1 Å². The maximum atomic E-state index is 11.4. The minimum absolute atomic E-state index is 0.247. The summed E-state index contributed by atoms with van der Waals surface area (Å²) in [4.78, 5) is 11.4. The van der Waals surface area contributed by atoms with Gasteiger partial charge in [0.25, 0.3) is 5.91 Å². The van der Waals surface area contributed by atoms with Crippen molar-refractivity contribution in [2.45, 2.75) is 6.42 Å². The summed E-state index contributed by atoms with van der Waals surface area (Å²) in [6.45, 7) is 1.18. The molecule has 0 bridgehead atoms. The Morgan fingerprint density at radius 1 is 1.79 bits per heavy atom. The van der Waals surface area contributed by atoms with Crippen LogP contribution in [0.2, 0.25) is 5.02 Å². The molecule has 0 aliphatic rings. The first-order valence-electron chi connectivity index (χ1n) is 4.21. The third kappa shape index (κ3) is 3.01. The predicted octanol–water partition coefficient (Wildman–Crippen LogP) is 0.829. The van der Waals surface area contributed by atoms with E-state index in [0.717, 1.165) is 6.42 Å². The number of H-pyrrole nitrogens is 1. The average molecular weight is 218 g/mol. The summed E-state index contributed by atoms with van der Waals surface area (Å²) in [5.41, 5.74) is 0.295. The van der Waals surface area contributed by atoms with Crippen LogP contribution in [-0.2, 0) is 4.74 Å². The van der Waals surface area contributed by atoms with Gasteiger partial charge in [0, 0.05) is 20.3 Å². The molecule has 78 valence electrons. The molecule has 0 spiro atoms. The minimum atomic E-state index is -0.247. The van der Waals surface area contributed by atoms with Gasteiger partial charge in [-0.15, -0.1) is 0 Å². The lowest BCUT2D eigenvalue weighted by Crippen LogP contribution is -2.25. The SMILES string of the molecule is COCCCNC(=O)c1[nH]ncc1Cl. The summed E-state index contributed by atoms with van der Waals surface area (Å²) in [5.74, 6) is -0.247. The van der Waals surface area contributed by atoms with Gasteiger partial charge >= 0.3 is 0 Å². The van der Waals surface area contributed by atoms with E-state index in [2.05, 4.69) is 15.5 Å². The number of carbonyl (C=O) groups excluding carboxylic acids is 1. The molecule has 1 aromatic heterocycles. The smallest absolute Gasteiger partial charge is 0.270 e. The fraction of sp³-hybridized carbons (Fsp3) is 0.500. The lowest BCUT2D eigenvalue weighted by molar-refractivity contribution is 0.0944. The molecule has 1 aromatic rings. The van der Waals surface area contributed by atoms with Gasteiger partial charge in [0.05, 0.1) is 11.2 Å². The van der Waals surface area contributed by atoms with Crippen LogP contribution in [0.5, 0.6) is 0 Å². The summed E-state index contributed by atoms with van der Waals surface area (Å²) in [5, 5.41) is 9.18. The van der Waals surface area contributed by atoms with Gasteiger partial charge in [0.2, 0.25) is 0 Å². The Labute approximate surface area is 86.8 Å². The number of methoxy groups -OCH3 is 1. The zero-order valence-corrected chi connectivity index (χ0v) is 8.60. The second kappa shape index (κ2) is 5.62. The molecule has 0 aromatic carbocycles. The van der Waals surface area contributed by atoms with Crippen molar-refractivity contribution in [3.8, 4) is 0 Å². The predicted molar refractivity (Wildman–Crippen MR) is 52.4 cm³/mol. The molecule has 1 amide bonds. The van der Waals surface area contributed by atoms with Crippen molar-refractivity contribution in [1.82, 2.24) is 15.5 Å². The Balaban J connectivity index is 2.32. The highest BCUT2D eigenvalue weighted by molar-refractivity contribution is 6.33. The van der Waals surface area contributed by atoms with Crippen LogP contribution in [0.25, 0.3) is 0 Å². The molecule has 2 N–H and O–H groups in total. The number of halogens is 1. The molecule has 0 aliphatic heterocycles. The van der Waals surface area contributed by atoms with E-state index in [1.165, 1.54) is 6.20 Å². The van der Waals surface area contributed by atoms with Crippen LogP contribution >= 0.6 is 11.6 Å². The molecular formula is C8H12ClN3O2. The van der Waals surface area contributed by atoms with E-state index in [1.54, 1.807) is 7.11 Å². The lowest BCUT2D eigenvalue weighted by Gasteiger charge is -2.02. The van der Waals surface area contributed by atoms with E-state index in [1.807, 2.05) is 0 Å². The number of aromatic nitrogens is 2. The molecule has 6 heteroatoms. The number of rotatable bonds is 5. The number of hydrogen-bond acceptors (Lipinski definition) is 3. The largest absolute Gasteiger partial charge is 0.385 e. The van der Waals surface area contributed by atoms with E-state index < -0.39 is 0 Å². The van der Waals surface area contributed by atoms with Crippen LogP contribution in [0.4, 0.5) is 0 Å². The van der Waals surface area contributed by atoms with Gasteiger partial charge in [0.1, 0.15) is 5.69 Å². The van der Waals surface area contributed by atoms with Crippen molar-refractivity contribution in [3.05, 3.63) is 16.9 Å². The highest BCUT2D eigenvalue weighted by atomic mass is 35.5. The number of amides is 1. The van der Waals surface area contributed by atoms with Crippen molar-refractivity contribution in [2.24, 2.45) is 0 Å². The third-order valence-electron chi connectivity index (χ3n) is 1.63. The maximum absolute atomic E-state index is 11.4. The van der Waals surface area contributed by atoms with Crippen molar-refractivity contribution >= 4 is 17.5 Å². The fourth-order valence-electron chi connectivity index (χ4n) is 0.937. The highest BCUT2D eigenvalue weighted by Crippen LogP contribution is 2.10. The van der Waals surface area contributed by atoms with Crippen LogP contribution in [0.3, 0.4) is 0 Å². The molecule has 1 heterocycles. The Hall–Kier alpha value is -1.07. The van der Waals surface area contributed by atoms with Crippen LogP contribution in [0, 0.1) is 0 Å². The molecule has 0 fully saturated rings. The van der Waals surface area contributed by atoms with Crippen molar-refractivity contribution < 1.29 is 9.53 Å². The lowest BCUT2D eigenvalue weighted by atomic mass is 10.4. The number of carbonyl (C=O) groups is 1. The molecule has 0 aliphatic carbocycles. The minimum Gasteiger partial charge on any atom is -0.385 e. The normalized spacial score (nSPS) is 10.1. The van der Waals surface area contributed by atoms with Gasteiger partial charge in [-0.05, 0) is 6.42 Å². The second-order valence-corrected chi connectivity index (χ2v) is 3.10. The van der Waals surface area contributed by atoms with E-state index in [4.69, 9.17) is 16.3 Å². The standard InChI is InChI=1S/C8H12ClN3O2/c1-14-4-2-3-10-8(13)7-6(9)5-11-12-7/h5H,2-4H2,1H3,(H,10,13)(H,11,12). The molecule has 5 nitrogen and oxygen atoms in total. The molecule has 1 rings (SSSR count). The first-order chi connectivity index (χ1) is 6.75. The second-order valence-electron chi connectivity index (χ2n) is 2.70. The summed E-state index contributed by atoms with van der Waals surface area (Å²) in [6, 6.07) is 0. The molecule has 0 saturated heterocycles. The van der Waals surface area contributed by atoms with Crippen molar-refractivity contribution in [3.63, 3.8) is 0 Å². The first kappa shape index (κ1) is 11.0. The Morgan fingerprint density at radius 3 is 3.14 bits per heavy atom. The van der Waals surface area contributed by atoms with Gasteiger partial charge in [-0.3, -0.25) is 9.89 Å². The zero-order valence-electron chi connectivity index (χ0n) is 7.84. The van der Waals surface area contributed by atoms with Crippen LogP contribution in [-0.4, -0.2) is 36.4 Å². The summed E-state index contributed by atoms with van der Waals surface area (Å²) < 4.78 is 4.84. The van der Waals surface area contributed by atoms with Gasteiger partial charge in [-0.2, -0.15) is 5.10 Å². The molecule has 0 atom stereocenters. The highest BCUT2D eigenvalue weighted by Gasteiger charge is 2.10.